The van der Waals surface area contributed by atoms with Gasteiger partial charge in [-0.05, 0) is 0 Å². The van der Waals surface area contributed by atoms with Crippen molar-refractivity contribution in [2.45, 2.75) is 0 Å². The lowest BCUT2D eigenvalue weighted by molar-refractivity contribution is 0.634. The van der Waals surface area contributed by atoms with Crippen LogP contribution in [0.5, 0.6) is 0 Å². The summed E-state index contributed by atoms with van der Waals surface area (Å²) in [6.45, 7) is 0. The molecule has 0 atom stereocenters. The third-order valence-electron chi connectivity index (χ3n) is 0.648. The van der Waals surface area contributed by atoms with Gasteiger partial charge in [-0.3, -0.25) is 0 Å². The van der Waals surface area contributed by atoms with E-state index in [1.165, 1.54) is 5.38 Å². The van der Waals surface area contributed by atoms with Crippen molar-refractivity contribution in [2.24, 2.45) is 0 Å². The van der Waals surface area contributed by atoms with E-state index in [1.807, 2.05) is 0 Å². The molecule has 0 nitrogen and oxygen atoms in total. The summed E-state index contributed by atoms with van der Waals surface area (Å²) in [6, 6.07) is 0. The minimum absolute atomic E-state index is 0.0247. The molecule has 0 amide bonds. The molecule has 44 valence electrons. The summed E-state index contributed by atoms with van der Waals surface area (Å²) in [4.78, 5) is 0. The fourth-order valence-electron chi connectivity index (χ4n) is 0.301. The number of rotatable bonds is 0. The Morgan fingerprint density at radius 1 is 1.50 bits per heavy atom. The molecule has 0 saturated heterocycles. The smallest absolute Gasteiger partial charge is 0.154 e. The average molecular weight is 171 g/mol. The van der Waals surface area contributed by atoms with Gasteiger partial charge in [-0.15, -0.1) is 11.3 Å². The maximum absolute atomic E-state index is 12.1. The molecule has 0 N–H and O–H groups in total. The van der Waals surface area contributed by atoms with Crippen LogP contribution in [-0.4, -0.2) is 0 Å². The van der Waals surface area contributed by atoms with Crippen LogP contribution in [0, 0.1) is 5.82 Å². The third kappa shape index (κ3) is 0.966. The maximum atomic E-state index is 12.1. The second-order valence-electron chi connectivity index (χ2n) is 1.17. The molecule has 8 heavy (non-hydrogen) atoms. The van der Waals surface area contributed by atoms with Gasteiger partial charge in [0.1, 0.15) is 9.36 Å². The molecule has 0 fully saturated rings. The molecular formula is C4HCl2FS. The molecule has 1 aromatic rings. The third-order valence-corrected chi connectivity index (χ3v) is 2.42. The minimum Gasteiger partial charge on any atom is -0.204 e. The van der Waals surface area contributed by atoms with Gasteiger partial charge in [0.05, 0.1) is 0 Å². The molecule has 0 bridgehead atoms. The van der Waals surface area contributed by atoms with Gasteiger partial charge in [0.15, 0.2) is 5.82 Å². The van der Waals surface area contributed by atoms with Crippen molar-refractivity contribution < 1.29 is 4.39 Å². The maximum Gasteiger partial charge on any atom is 0.154 e. The molecule has 0 radical (unpaired) electrons. The summed E-state index contributed by atoms with van der Waals surface area (Å²) in [5.74, 6) is -0.443. The van der Waals surface area contributed by atoms with E-state index in [2.05, 4.69) is 0 Å². The van der Waals surface area contributed by atoms with E-state index in [0.29, 0.717) is 4.34 Å². The second-order valence-corrected chi connectivity index (χ2v) is 3.03. The second kappa shape index (κ2) is 2.21. The van der Waals surface area contributed by atoms with Crippen LogP contribution in [-0.2, 0) is 0 Å². The molecule has 0 aromatic carbocycles. The SMILES string of the molecule is Fc1csc(Cl)c1Cl. The van der Waals surface area contributed by atoms with Gasteiger partial charge in [-0.25, -0.2) is 4.39 Å². The van der Waals surface area contributed by atoms with Gasteiger partial charge in [-0.1, -0.05) is 23.2 Å². The van der Waals surface area contributed by atoms with Crippen molar-refractivity contribution in [3.05, 3.63) is 20.6 Å². The summed E-state index contributed by atoms with van der Waals surface area (Å²) in [7, 11) is 0. The van der Waals surface area contributed by atoms with Crippen LogP contribution in [0.25, 0.3) is 0 Å². The first-order valence-electron chi connectivity index (χ1n) is 1.80. The lowest BCUT2D eigenvalue weighted by Crippen LogP contribution is -1.59. The number of halogens is 3. The van der Waals surface area contributed by atoms with E-state index in [1.54, 1.807) is 0 Å². The van der Waals surface area contributed by atoms with Crippen molar-refractivity contribution in [3.8, 4) is 0 Å². The monoisotopic (exact) mass is 170 g/mol. The number of thiophene rings is 1. The Bertz CT molecular complexity index is 176. The quantitative estimate of drug-likeness (QED) is 0.562. The van der Waals surface area contributed by atoms with E-state index in [4.69, 9.17) is 23.2 Å². The van der Waals surface area contributed by atoms with E-state index in [9.17, 15) is 4.39 Å². The molecule has 0 aliphatic rings. The molecule has 4 heteroatoms. The summed E-state index contributed by atoms with van der Waals surface area (Å²) in [5.41, 5.74) is 0. The van der Waals surface area contributed by atoms with Crippen LogP contribution in [0.2, 0.25) is 9.36 Å². The summed E-state index contributed by atoms with van der Waals surface area (Å²) in [5, 5.41) is 1.29. The predicted molar refractivity (Wildman–Crippen MR) is 34.3 cm³/mol. The molecule has 0 unspecified atom stereocenters. The molecule has 0 saturated carbocycles. The van der Waals surface area contributed by atoms with Gasteiger partial charge < -0.3 is 0 Å². The standard InChI is InChI=1S/C4HCl2FS/c5-3-2(7)1-8-4(3)6/h1H. The van der Waals surface area contributed by atoms with Crippen molar-refractivity contribution in [1.82, 2.24) is 0 Å². The Morgan fingerprint density at radius 3 is 2.25 bits per heavy atom. The topological polar surface area (TPSA) is 0 Å². The molecule has 0 aliphatic carbocycles. The van der Waals surface area contributed by atoms with Gasteiger partial charge in [0.2, 0.25) is 0 Å². The first kappa shape index (κ1) is 6.33. The van der Waals surface area contributed by atoms with Crippen molar-refractivity contribution >= 4 is 34.5 Å². The Hall–Kier alpha value is 0.210. The van der Waals surface area contributed by atoms with E-state index in [-0.39, 0.29) is 5.02 Å². The summed E-state index contributed by atoms with van der Waals surface area (Å²) >= 11 is 11.8. The number of hydrogen-bond donors (Lipinski definition) is 0. The zero-order chi connectivity index (χ0) is 6.15. The summed E-state index contributed by atoms with van der Waals surface area (Å²) in [6.07, 6.45) is 0. The molecule has 1 heterocycles. The van der Waals surface area contributed by atoms with Gasteiger partial charge in [-0.2, -0.15) is 0 Å². The van der Waals surface area contributed by atoms with Gasteiger partial charge in [0, 0.05) is 5.38 Å². The minimum atomic E-state index is -0.443. The summed E-state index contributed by atoms with van der Waals surface area (Å²) < 4.78 is 12.4. The van der Waals surface area contributed by atoms with Crippen LogP contribution in [0.3, 0.4) is 0 Å². The highest BCUT2D eigenvalue weighted by Gasteiger charge is 2.04. The van der Waals surface area contributed by atoms with Crippen molar-refractivity contribution in [1.29, 1.82) is 0 Å². The Kier molecular flexibility index (Phi) is 1.75. The average Bonchev–Trinajstić information content (AvgIpc) is 1.98. The van der Waals surface area contributed by atoms with Crippen molar-refractivity contribution in [3.63, 3.8) is 0 Å². The highest BCUT2D eigenvalue weighted by molar-refractivity contribution is 7.15. The van der Waals surface area contributed by atoms with E-state index < -0.39 is 5.82 Å². The highest BCUT2D eigenvalue weighted by Crippen LogP contribution is 2.30. The molecule has 0 aliphatic heterocycles. The first-order chi connectivity index (χ1) is 3.72. The molecule has 1 rings (SSSR count). The highest BCUT2D eigenvalue weighted by atomic mass is 35.5. The van der Waals surface area contributed by atoms with Gasteiger partial charge in [0.25, 0.3) is 0 Å². The lowest BCUT2D eigenvalue weighted by atomic mass is 10.6. The van der Waals surface area contributed by atoms with Crippen LogP contribution in [0.1, 0.15) is 0 Å². The van der Waals surface area contributed by atoms with Crippen LogP contribution in [0.15, 0.2) is 5.38 Å². The van der Waals surface area contributed by atoms with Crippen molar-refractivity contribution in [2.75, 3.05) is 0 Å². The zero-order valence-corrected chi connectivity index (χ0v) is 5.95. The molecule has 1 aromatic heterocycles. The Morgan fingerprint density at radius 2 is 2.12 bits per heavy atom. The van der Waals surface area contributed by atoms with Gasteiger partial charge >= 0.3 is 0 Å². The zero-order valence-electron chi connectivity index (χ0n) is 3.62. The predicted octanol–water partition coefficient (Wildman–Crippen LogP) is 3.19. The lowest BCUT2D eigenvalue weighted by Gasteiger charge is -1.77. The fourth-order valence-corrected chi connectivity index (χ4v) is 1.30. The Balaban J connectivity index is 3.19. The normalized spacial score (nSPS) is 9.88. The largest absolute Gasteiger partial charge is 0.204 e. The fraction of sp³-hybridized carbons (Fsp3) is 0. The number of hydrogen-bond acceptors (Lipinski definition) is 1. The Labute approximate surface area is 59.8 Å². The van der Waals surface area contributed by atoms with Crippen LogP contribution < -0.4 is 0 Å². The first-order valence-corrected chi connectivity index (χ1v) is 3.43. The van der Waals surface area contributed by atoms with Crippen LogP contribution >= 0.6 is 34.5 Å². The van der Waals surface area contributed by atoms with E-state index in [0.717, 1.165) is 11.3 Å². The molecular weight excluding hydrogens is 170 g/mol. The molecule has 0 spiro atoms. The van der Waals surface area contributed by atoms with Crippen LogP contribution in [0.4, 0.5) is 4.39 Å². The van der Waals surface area contributed by atoms with E-state index >= 15 is 0 Å².